The number of thiazole rings is 1. The van der Waals surface area contributed by atoms with Crippen LogP contribution < -0.4 is 10.5 Å². The zero-order chi connectivity index (χ0) is 22.8. The lowest BCUT2D eigenvalue weighted by Gasteiger charge is -2.13. The first-order valence-electron chi connectivity index (χ1n) is 10.5. The molecule has 0 aliphatic heterocycles. The molecule has 1 unspecified atom stereocenters. The number of hydrogen-bond acceptors (Lipinski definition) is 6. The standard InChI is InChI=1S/C26H22N2O3S2/c27-25-23(33(30)21-4-2-1-3-5-21)16-18-14-19(26-28-10-13-32-26)15-22(24(18)25)17-6-8-20(9-7-17)31-12-11-29/h1-10,13-15,29H,11-12,16,27H2. The number of aromatic nitrogens is 1. The van der Waals surface area contributed by atoms with Crippen LogP contribution in [0.1, 0.15) is 11.1 Å². The highest BCUT2D eigenvalue weighted by Gasteiger charge is 2.28. The Morgan fingerprint density at radius 1 is 1.06 bits per heavy atom. The van der Waals surface area contributed by atoms with E-state index >= 15 is 0 Å². The number of aliphatic hydroxyl groups is 1. The molecule has 0 spiro atoms. The molecule has 1 heterocycles. The van der Waals surface area contributed by atoms with Gasteiger partial charge >= 0.3 is 0 Å². The zero-order valence-electron chi connectivity index (χ0n) is 17.7. The van der Waals surface area contributed by atoms with Crippen LogP contribution in [0.5, 0.6) is 5.75 Å². The quantitative estimate of drug-likeness (QED) is 0.400. The van der Waals surface area contributed by atoms with Gasteiger partial charge in [-0.15, -0.1) is 11.3 Å². The van der Waals surface area contributed by atoms with Crippen LogP contribution in [0.25, 0.3) is 27.4 Å². The number of fused-ring (bicyclic) bond motifs is 1. The summed E-state index contributed by atoms with van der Waals surface area (Å²) in [5.41, 5.74) is 12.2. The van der Waals surface area contributed by atoms with Gasteiger partial charge in [0, 0.05) is 38.9 Å². The van der Waals surface area contributed by atoms with Crippen molar-refractivity contribution in [3.05, 3.63) is 94.3 Å². The van der Waals surface area contributed by atoms with E-state index in [-0.39, 0.29) is 13.2 Å². The molecule has 7 heteroatoms. The molecule has 3 N–H and O–H groups in total. The predicted octanol–water partition coefficient (Wildman–Crippen LogP) is 4.84. The normalized spacial score (nSPS) is 13.7. The highest BCUT2D eigenvalue weighted by Crippen LogP contribution is 2.42. The number of ether oxygens (including phenoxy) is 1. The first-order chi connectivity index (χ1) is 16.2. The summed E-state index contributed by atoms with van der Waals surface area (Å²) in [7, 11) is -1.33. The molecule has 1 aromatic heterocycles. The molecule has 166 valence electrons. The van der Waals surface area contributed by atoms with E-state index in [9.17, 15) is 4.21 Å². The van der Waals surface area contributed by atoms with Gasteiger partial charge in [-0.05, 0) is 53.1 Å². The predicted molar refractivity (Wildman–Crippen MR) is 133 cm³/mol. The average Bonchev–Trinajstić information content (AvgIpc) is 3.51. The molecule has 0 bridgehead atoms. The zero-order valence-corrected chi connectivity index (χ0v) is 19.4. The lowest BCUT2D eigenvalue weighted by atomic mass is 9.93. The SMILES string of the molecule is NC1=C(S(=O)c2ccccc2)Cc2cc(-c3nccs3)cc(-c3ccc(OCCO)cc3)c21. The Labute approximate surface area is 198 Å². The minimum absolute atomic E-state index is 0.0340. The molecule has 0 saturated carbocycles. The fourth-order valence-electron chi connectivity index (χ4n) is 4.03. The number of nitrogens with zero attached hydrogens (tertiary/aromatic N) is 1. The van der Waals surface area contributed by atoms with Gasteiger partial charge in [0.1, 0.15) is 17.4 Å². The molecule has 0 amide bonds. The van der Waals surface area contributed by atoms with Gasteiger partial charge in [0.15, 0.2) is 0 Å². The lowest BCUT2D eigenvalue weighted by molar-refractivity contribution is 0.201. The van der Waals surface area contributed by atoms with Crippen LogP contribution in [0.3, 0.4) is 0 Å². The fraction of sp³-hybridized carbons (Fsp3) is 0.115. The number of allylic oxidation sites excluding steroid dienone is 1. The number of rotatable bonds is 7. The van der Waals surface area contributed by atoms with Crippen molar-refractivity contribution in [2.45, 2.75) is 11.3 Å². The summed E-state index contributed by atoms with van der Waals surface area (Å²) in [6.45, 7) is 0.215. The van der Waals surface area contributed by atoms with Crippen LogP contribution in [0.4, 0.5) is 0 Å². The Morgan fingerprint density at radius 3 is 2.55 bits per heavy atom. The van der Waals surface area contributed by atoms with Gasteiger partial charge in [0.05, 0.1) is 23.1 Å². The molecule has 33 heavy (non-hydrogen) atoms. The smallest absolute Gasteiger partial charge is 0.123 e. The Kier molecular flexibility index (Phi) is 6.09. The summed E-state index contributed by atoms with van der Waals surface area (Å²) >= 11 is 1.58. The summed E-state index contributed by atoms with van der Waals surface area (Å²) in [6, 6.07) is 21.3. The van der Waals surface area contributed by atoms with E-state index in [1.54, 1.807) is 17.5 Å². The van der Waals surface area contributed by atoms with Crippen molar-refractivity contribution < 1.29 is 14.1 Å². The second-order valence-electron chi connectivity index (χ2n) is 7.59. The Balaban J connectivity index is 1.61. The molecule has 5 rings (SSSR count). The van der Waals surface area contributed by atoms with Gasteiger partial charge in [0.25, 0.3) is 0 Å². The largest absolute Gasteiger partial charge is 0.491 e. The van der Waals surface area contributed by atoms with Gasteiger partial charge in [-0.1, -0.05) is 30.3 Å². The molecule has 1 aliphatic carbocycles. The lowest BCUT2D eigenvalue weighted by Crippen LogP contribution is -2.03. The van der Waals surface area contributed by atoms with Crippen molar-refractivity contribution in [1.82, 2.24) is 4.98 Å². The fourth-order valence-corrected chi connectivity index (χ4v) is 5.93. The third-order valence-electron chi connectivity index (χ3n) is 5.53. The molecule has 0 saturated heterocycles. The number of hydrogen-bond donors (Lipinski definition) is 2. The molecular formula is C26H22N2O3S2. The van der Waals surface area contributed by atoms with Crippen molar-refractivity contribution in [3.63, 3.8) is 0 Å². The Bertz CT molecular complexity index is 1330. The molecule has 0 fully saturated rings. The van der Waals surface area contributed by atoms with Crippen LogP contribution in [0.15, 0.2) is 88.1 Å². The van der Waals surface area contributed by atoms with Crippen molar-refractivity contribution in [2.75, 3.05) is 13.2 Å². The Hall–Kier alpha value is -3.26. The van der Waals surface area contributed by atoms with Crippen LogP contribution in [0, 0.1) is 0 Å². The topological polar surface area (TPSA) is 85.4 Å². The molecular weight excluding hydrogens is 452 g/mol. The van der Waals surface area contributed by atoms with E-state index in [0.29, 0.717) is 17.9 Å². The van der Waals surface area contributed by atoms with Gasteiger partial charge in [0.2, 0.25) is 0 Å². The third kappa shape index (κ3) is 4.23. The van der Waals surface area contributed by atoms with Crippen LogP contribution >= 0.6 is 11.3 Å². The molecule has 1 aliphatic rings. The second-order valence-corrected chi connectivity index (χ2v) is 9.98. The van der Waals surface area contributed by atoms with E-state index in [1.807, 2.05) is 60.0 Å². The summed E-state index contributed by atoms with van der Waals surface area (Å²) in [4.78, 5) is 5.96. The van der Waals surface area contributed by atoms with E-state index in [1.165, 1.54) is 0 Å². The second kappa shape index (κ2) is 9.31. The Morgan fingerprint density at radius 2 is 1.85 bits per heavy atom. The first-order valence-corrected chi connectivity index (χ1v) is 12.6. The van der Waals surface area contributed by atoms with E-state index in [2.05, 4.69) is 17.1 Å². The summed E-state index contributed by atoms with van der Waals surface area (Å²) < 4.78 is 18.9. The van der Waals surface area contributed by atoms with Crippen molar-refractivity contribution in [1.29, 1.82) is 0 Å². The molecule has 5 nitrogen and oxygen atoms in total. The molecule has 4 aromatic rings. The van der Waals surface area contributed by atoms with Gasteiger partial charge in [-0.25, -0.2) is 9.19 Å². The van der Waals surface area contributed by atoms with Crippen LogP contribution in [-0.2, 0) is 17.2 Å². The summed E-state index contributed by atoms with van der Waals surface area (Å²) in [6.07, 6.45) is 2.33. The first kappa shape index (κ1) is 21.6. The number of nitrogens with two attached hydrogens (primary N) is 1. The van der Waals surface area contributed by atoms with Crippen molar-refractivity contribution >= 4 is 27.8 Å². The average molecular weight is 475 g/mol. The molecule has 0 radical (unpaired) electrons. The van der Waals surface area contributed by atoms with E-state index in [0.717, 1.165) is 42.6 Å². The van der Waals surface area contributed by atoms with Crippen LogP contribution in [0.2, 0.25) is 0 Å². The van der Waals surface area contributed by atoms with E-state index < -0.39 is 10.8 Å². The molecule has 3 aromatic carbocycles. The van der Waals surface area contributed by atoms with Crippen molar-refractivity contribution in [3.8, 4) is 27.4 Å². The monoisotopic (exact) mass is 474 g/mol. The third-order valence-corrected chi connectivity index (χ3v) is 7.86. The maximum Gasteiger partial charge on any atom is 0.123 e. The van der Waals surface area contributed by atoms with Gasteiger partial charge in [-0.2, -0.15) is 0 Å². The minimum Gasteiger partial charge on any atom is -0.491 e. The summed E-state index contributed by atoms with van der Waals surface area (Å²) in [5.74, 6) is 0.690. The highest BCUT2D eigenvalue weighted by molar-refractivity contribution is 7.89. The highest BCUT2D eigenvalue weighted by atomic mass is 32.2. The number of aliphatic hydroxyl groups excluding tert-OH is 1. The van der Waals surface area contributed by atoms with E-state index in [4.69, 9.17) is 15.6 Å². The minimum atomic E-state index is -1.33. The maximum absolute atomic E-state index is 13.4. The van der Waals surface area contributed by atoms with Crippen LogP contribution in [-0.4, -0.2) is 27.5 Å². The van der Waals surface area contributed by atoms with Crippen molar-refractivity contribution in [2.24, 2.45) is 5.73 Å². The molecule has 1 atom stereocenters. The number of benzene rings is 3. The summed E-state index contributed by atoms with van der Waals surface area (Å²) in [5, 5.41) is 11.9. The van der Waals surface area contributed by atoms with Gasteiger partial charge in [-0.3, -0.25) is 0 Å². The van der Waals surface area contributed by atoms with Gasteiger partial charge < -0.3 is 15.6 Å². The maximum atomic E-state index is 13.4.